The smallest absolute Gasteiger partial charge is 0.396 e. The Morgan fingerprint density at radius 2 is 1.67 bits per heavy atom. The SMILES string of the molecule is OCCCCCCOCC(O)C(F)(F)F. The summed E-state index contributed by atoms with van der Waals surface area (Å²) in [5.41, 5.74) is 0. The lowest BCUT2D eigenvalue weighted by Crippen LogP contribution is -2.33. The Morgan fingerprint density at radius 3 is 2.20 bits per heavy atom. The van der Waals surface area contributed by atoms with Crippen molar-refractivity contribution in [2.45, 2.75) is 38.0 Å². The van der Waals surface area contributed by atoms with Crippen LogP contribution >= 0.6 is 0 Å². The van der Waals surface area contributed by atoms with Crippen molar-refractivity contribution in [3.05, 3.63) is 0 Å². The van der Waals surface area contributed by atoms with Crippen molar-refractivity contribution >= 4 is 0 Å². The minimum atomic E-state index is -4.60. The van der Waals surface area contributed by atoms with E-state index in [-0.39, 0.29) is 13.2 Å². The van der Waals surface area contributed by atoms with E-state index in [1.165, 1.54) is 0 Å². The number of ether oxygens (including phenoxy) is 1. The van der Waals surface area contributed by atoms with Crippen LogP contribution in [0.1, 0.15) is 25.7 Å². The fourth-order valence-electron chi connectivity index (χ4n) is 0.959. The predicted octanol–water partition coefficient (Wildman–Crippen LogP) is 1.48. The highest BCUT2D eigenvalue weighted by Crippen LogP contribution is 2.19. The third-order valence-electron chi connectivity index (χ3n) is 1.85. The lowest BCUT2D eigenvalue weighted by Gasteiger charge is -2.14. The molecule has 0 aromatic rings. The third kappa shape index (κ3) is 8.65. The molecule has 0 aromatic carbocycles. The Bertz CT molecular complexity index is 150. The van der Waals surface area contributed by atoms with Gasteiger partial charge in [-0.2, -0.15) is 13.2 Å². The molecule has 0 heterocycles. The summed E-state index contributed by atoms with van der Waals surface area (Å²) in [5, 5.41) is 17.0. The summed E-state index contributed by atoms with van der Waals surface area (Å²) in [4.78, 5) is 0. The molecular weight excluding hydrogens is 213 g/mol. The molecule has 3 nitrogen and oxygen atoms in total. The van der Waals surface area contributed by atoms with Gasteiger partial charge in [0.1, 0.15) is 0 Å². The molecule has 0 aromatic heterocycles. The molecule has 0 fully saturated rings. The molecule has 0 spiro atoms. The van der Waals surface area contributed by atoms with Gasteiger partial charge in [-0.3, -0.25) is 0 Å². The molecule has 0 aliphatic heterocycles. The molecule has 0 saturated carbocycles. The summed E-state index contributed by atoms with van der Waals surface area (Å²) in [5.74, 6) is 0. The summed E-state index contributed by atoms with van der Waals surface area (Å²) in [6.07, 6.45) is -4.01. The van der Waals surface area contributed by atoms with Gasteiger partial charge in [0, 0.05) is 13.2 Å². The van der Waals surface area contributed by atoms with Crippen LogP contribution in [-0.4, -0.2) is 42.3 Å². The molecule has 6 heteroatoms. The molecule has 0 bridgehead atoms. The molecule has 2 N–H and O–H groups in total. The number of hydrogen-bond acceptors (Lipinski definition) is 3. The average Bonchev–Trinajstić information content (AvgIpc) is 2.14. The molecule has 15 heavy (non-hydrogen) atoms. The molecule has 0 aliphatic rings. The molecule has 92 valence electrons. The average molecular weight is 230 g/mol. The van der Waals surface area contributed by atoms with E-state index in [4.69, 9.17) is 10.2 Å². The van der Waals surface area contributed by atoms with Crippen LogP contribution < -0.4 is 0 Å². The second kappa shape index (κ2) is 7.90. The molecule has 0 radical (unpaired) electrons. The molecule has 0 amide bonds. The Kier molecular flexibility index (Phi) is 7.72. The Labute approximate surface area is 86.9 Å². The highest BCUT2D eigenvalue weighted by Gasteiger charge is 2.38. The molecule has 0 saturated heterocycles. The van der Waals surface area contributed by atoms with E-state index in [2.05, 4.69) is 4.74 Å². The fraction of sp³-hybridized carbons (Fsp3) is 1.00. The minimum Gasteiger partial charge on any atom is -0.396 e. The fourth-order valence-corrected chi connectivity index (χ4v) is 0.959. The number of alkyl halides is 3. The number of aliphatic hydroxyl groups excluding tert-OH is 2. The summed E-state index contributed by atoms with van der Waals surface area (Å²) in [7, 11) is 0. The first-order chi connectivity index (χ1) is 6.98. The van der Waals surface area contributed by atoms with Gasteiger partial charge in [-0.25, -0.2) is 0 Å². The highest BCUT2D eigenvalue weighted by molar-refractivity contribution is 4.63. The maximum absolute atomic E-state index is 11.8. The lowest BCUT2D eigenvalue weighted by atomic mass is 10.2. The van der Waals surface area contributed by atoms with Crippen molar-refractivity contribution in [1.82, 2.24) is 0 Å². The summed E-state index contributed by atoms with van der Waals surface area (Å²) in [6.45, 7) is -0.365. The van der Waals surface area contributed by atoms with Crippen molar-refractivity contribution in [2.75, 3.05) is 19.8 Å². The van der Waals surface area contributed by atoms with Gasteiger partial charge in [-0.1, -0.05) is 12.8 Å². The third-order valence-corrected chi connectivity index (χ3v) is 1.85. The normalized spacial score (nSPS) is 14.2. The second-order valence-corrected chi connectivity index (χ2v) is 3.27. The maximum Gasteiger partial charge on any atom is 0.416 e. The van der Waals surface area contributed by atoms with Gasteiger partial charge >= 0.3 is 6.18 Å². The van der Waals surface area contributed by atoms with Crippen LogP contribution in [0.5, 0.6) is 0 Å². The molecule has 1 atom stereocenters. The van der Waals surface area contributed by atoms with Crippen LogP contribution in [-0.2, 0) is 4.74 Å². The second-order valence-electron chi connectivity index (χ2n) is 3.27. The highest BCUT2D eigenvalue weighted by atomic mass is 19.4. The largest absolute Gasteiger partial charge is 0.416 e. The zero-order chi connectivity index (χ0) is 11.7. The predicted molar refractivity (Wildman–Crippen MR) is 48.4 cm³/mol. The van der Waals surface area contributed by atoms with Gasteiger partial charge in [0.15, 0.2) is 6.10 Å². The number of rotatable bonds is 8. The van der Waals surface area contributed by atoms with Crippen LogP contribution in [0, 0.1) is 0 Å². The van der Waals surface area contributed by atoms with E-state index >= 15 is 0 Å². The lowest BCUT2D eigenvalue weighted by molar-refractivity contribution is -0.217. The molecule has 1 unspecified atom stereocenters. The molecule has 0 aliphatic carbocycles. The van der Waals surface area contributed by atoms with Gasteiger partial charge in [0.25, 0.3) is 0 Å². The monoisotopic (exact) mass is 230 g/mol. The first-order valence-electron chi connectivity index (χ1n) is 4.92. The van der Waals surface area contributed by atoms with Crippen molar-refractivity contribution in [3.8, 4) is 0 Å². The zero-order valence-corrected chi connectivity index (χ0v) is 8.46. The van der Waals surface area contributed by atoms with E-state index < -0.39 is 18.9 Å². The van der Waals surface area contributed by atoms with Crippen LogP contribution in [0.3, 0.4) is 0 Å². The number of halogens is 3. The van der Waals surface area contributed by atoms with Crippen LogP contribution in [0.25, 0.3) is 0 Å². The van der Waals surface area contributed by atoms with E-state index in [0.29, 0.717) is 12.8 Å². The standard InChI is InChI=1S/C9H17F3O3/c10-9(11,12)8(14)7-15-6-4-2-1-3-5-13/h8,13-14H,1-7H2. The van der Waals surface area contributed by atoms with Crippen molar-refractivity contribution in [1.29, 1.82) is 0 Å². The minimum absolute atomic E-state index is 0.133. The summed E-state index contributed by atoms with van der Waals surface area (Å²) < 4.78 is 40.0. The molecule has 0 rings (SSSR count). The van der Waals surface area contributed by atoms with E-state index in [0.717, 1.165) is 12.8 Å². The molecular formula is C9H17F3O3. The number of unbranched alkanes of at least 4 members (excludes halogenated alkanes) is 3. The summed E-state index contributed by atoms with van der Waals surface area (Å²) >= 11 is 0. The topological polar surface area (TPSA) is 49.7 Å². The number of aliphatic hydroxyl groups is 2. The Hall–Kier alpha value is -0.330. The van der Waals surface area contributed by atoms with Crippen molar-refractivity contribution in [2.24, 2.45) is 0 Å². The quantitative estimate of drug-likeness (QED) is 0.621. The first kappa shape index (κ1) is 14.7. The zero-order valence-electron chi connectivity index (χ0n) is 8.46. The first-order valence-corrected chi connectivity index (χ1v) is 4.92. The van der Waals surface area contributed by atoms with Gasteiger partial charge in [0.2, 0.25) is 0 Å². The Balaban J connectivity index is 3.24. The summed E-state index contributed by atoms with van der Waals surface area (Å²) in [6, 6.07) is 0. The Morgan fingerprint density at radius 1 is 1.07 bits per heavy atom. The van der Waals surface area contributed by atoms with E-state index in [1.54, 1.807) is 0 Å². The van der Waals surface area contributed by atoms with E-state index in [9.17, 15) is 13.2 Å². The van der Waals surface area contributed by atoms with Crippen molar-refractivity contribution < 1.29 is 28.1 Å². The van der Waals surface area contributed by atoms with Gasteiger partial charge in [0.05, 0.1) is 6.61 Å². The van der Waals surface area contributed by atoms with Gasteiger partial charge < -0.3 is 14.9 Å². The van der Waals surface area contributed by atoms with Gasteiger partial charge in [-0.15, -0.1) is 0 Å². The number of hydrogen-bond donors (Lipinski definition) is 2. The van der Waals surface area contributed by atoms with Gasteiger partial charge in [-0.05, 0) is 12.8 Å². The van der Waals surface area contributed by atoms with E-state index in [1.807, 2.05) is 0 Å². The van der Waals surface area contributed by atoms with Crippen LogP contribution in [0.4, 0.5) is 13.2 Å². The van der Waals surface area contributed by atoms with Crippen molar-refractivity contribution in [3.63, 3.8) is 0 Å². The maximum atomic E-state index is 11.8. The van der Waals surface area contributed by atoms with Crippen LogP contribution in [0.15, 0.2) is 0 Å². The van der Waals surface area contributed by atoms with Crippen LogP contribution in [0.2, 0.25) is 0 Å².